The lowest BCUT2D eigenvalue weighted by Crippen LogP contribution is -2.31. The Hall–Kier alpha value is -2.97. The molecule has 3 aromatic rings. The lowest BCUT2D eigenvalue weighted by molar-refractivity contribution is -0.141. The van der Waals surface area contributed by atoms with Gasteiger partial charge in [0.2, 0.25) is 0 Å². The number of benzene rings is 2. The van der Waals surface area contributed by atoms with Gasteiger partial charge in [0.05, 0.1) is 15.6 Å². The second kappa shape index (κ2) is 7.94. The lowest BCUT2D eigenvalue weighted by atomic mass is 9.94. The van der Waals surface area contributed by atoms with Gasteiger partial charge in [0.25, 0.3) is 5.91 Å². The standard InChI is InChI=1S/C21H15Cl2F3N4O/c1-11-18(20(31)28-13-5-3-2-4-6-13)19(12-7-8-14(22)15(23)9-12)30-17(27-11)10-16(29-30)21(24,25)26/h2-10,19,27H,1H3,(H,28,31). The number of allylic oxidation sites excluding steroid dienone is 1. The largest absolute Gasteiger partial charge is 0.435 e. The van der Waals surface area contributed by atoms with Crippen LogP contribution in [0, 0.1) is 0 Å². The number of carbonyl (C=O) groups excluding carboxylic acids is 1. The molecule has 31 heavy (non-hydrogen) atoms. The summed E-state index contributed by atoms with van der Waals surface area (Å²) >= 11 is 12.2. The van der Waals surface area contributed by atoms with Crippen LogP contribution < -0.4 is 10.6 Å². The SMILES string of the molecule is CC1=C(C(=O)Nc2ccccc2)C(c2ccc(Cl)c(Cl)c2)n2nc(C(F)(F)F)cc2N1. The molecule has 1 aromatic heterocycles. The van der Waals surface area contributed by atoms with E-state index in [1.54, 1.807) is 43.3 Å². The number of anilines is 2. The number of alkyl halides is 3. The minimum absolute atomic E-state index is 0.108. The van der Waals surface area contributed by atoms with Crippen LogP contribution in [-0.4, -0.2) is 15.7 Å². The van der Waals surface area contributed by atoms with Crippen molar-refractivity contribution in [1.29, 1.82) is 0 Å². The molecule has 160 valence electrons. The van der Waals surface area contributed by atoms with Gasteiger partial charge in [0.15, 0.2) is 5.69 Å². The zero-order valence-electron chi connectivity index (χ0n) is 16.0. The van der Waals surface area contributed by atoms with E-state index in [1.807, 2.05) is 0 Å². The van der Waals surface area contributed by atoms with E-state index in [9.17, 15) is 18.0 Å². The summed E-state index contributed by atoms with van der Waals surface area (Å²) in [4.78, 5) is 13.2. The van der Waals surface area contributed by atoms with E-state index in [0.29, 0.717) is 16.9 Å². The zero-order valence-corrected chi connectivity index (χ0v) is 17.5. The number of rotatable bonds is 3. The van der Waals surface area contributed by atoms with Crippen LogP contribution in [0.3, 0.4) is 0 Å². The molecule has 0 aliphatic carbocycles. The molecule has 2 N–H and O–H groups in total. The van der Waals surface area contributed by atoms with Crippen molar-refractivity contribution in [2.75, 3.05) is 10.6 Å². The van der Waals surface area contributed by atoms with Crippen molar-refractivity contribution >= 4 is 40.6 Å². The van der Waals surface area contributed by atoms with Crippen molar-refractivity contribution in [3.05, 3.63) is 87.2 Å². The van der Waals surface area contributed by atoms with Gasteiger partial charge in [-0.2, -0.15) is 18.3 Å². The fourth-order valence-electron chi connectivity index (χ4n) is 3.41. The van der Waals surface area contributed by atoms with E-state index in [0.717, 1.165) is 10.7 Å². The van der Waals surface area contributed by atoms with E-state index < -0.39 is 23.8 Å². The molecule has 2 aromatic carbocycles. The second-order valence-electron chi connectivity index (χ2n) is 6.92. The van der Waals surface area contributed by atoms with Crippen molar-refractivity contribution in [2.24, 2.45) is 0 Å². The van der Waals surface area contributed by atoms with Gasteiger partial charge in [-0.15, -0.1) is 0 Å². The highest BCUT2D eigenvalue weighted by Crippen LogP contribution is 2.40. The minimum Gasteiger partial charge on any atom is -0.344 e. The summed E-state index contributed by atoms with van der Waals surface area (Å²) in [7, 11) is 0. The molecule has 1 amide bonds. The van der Waals surface area contributed by atoms with Crippen LogP contribution in [0.1, 0.15) is 24.2 Å². The Bertz CT molecular complexity index is 1190. The molecule has 4 rings (SSSR count). The van der Waals surface area contributed by atoms with Crippen LogP contribution in [0.2, 0.25) is 10.0 Å². The number of aromatic nitrogens is 2. The molecular weight excluding hydrogens is 452 g/mol. The summed E-state index contributed by atoms with van der Waals surface area (Å²) in [6.07, 6.45) is -4.64. The minimum atomic E-state index is -4.64. The number of nitrogens with one attached hydrogen (secondary N) is 2. The van der Waals surface area contributed by atoms with Gasteiger partial charge in [0.1, 0.15) is 11.9 Å². The number of nitrogens with zero attached hydrogens (tertiary/aromatic N) is 2. The molecule has 0 radical (unpaired) electrons. The quantitative estimate of drug-likeness (QED) is 0.487. The Morgan fingerprint density at radius 3 is 2.45 bits per heavy atom. The van der Waals surface area contributed by atoms with Crippen LogP contribution in [0.5, 0.6) is 0 Å². The third-order valence-electron chi connectivity index (χ3n) is 4.80. The van der Waals surface area contributed by atoms with Gasteiger partial charge >= 0.3 is 6.18 Å². The van der Waals surface area contributed by atoms with Crippen molar-refractivity contribution in [3.63, 3.8) is 0 Å². The Kier molecular flexibility index (Phi) is 5.45. The number of fused-ring (bicyclic) bond motifs is 1. The average molecular weight is 467 g/mol. The maximum atomic E-state index is 13.3. The van der Waals surface area contributed by atoms with Gasteiger partial charge in [-0.1, -0.05) is 47.5 Å². The Balaban J connectivity index is 1.84. The van der Waals surface area contributed by atoms with Crippen molar-refractivity contribution in [1.82, 2.24) is 9.78 Å². The Morgan fingerprint density at radius 1 is 1.10 bits per heavy atom. The van der Waals surface area contributed by atoms with E-state index in [1.165, 1.54) is 12.1 Å². The van der Waals surface area contributed by atoms with Crippen molar-refractivity contribution in [3.8, 4) is 0 Å². The Morgan fingerprint density at radius 2 is 1.81 bits per heavy atom. The predicted octanol–water partition coefficient (Wildman–Crippen LogP) is 6.14. The molecule has 1 aliphatic rings. The third kappa shape index (κ3) is 4.13. The first-order chi connectivity index (χ1) is 14.6. The molecule has 1 unspecified atom stereocenters. The maximum absolute atomic E-state index is 13.3. The van der Waals surface area contributed by atoms with Gasteiger partial charge in [-0.05, 0) is 36.8 Å². The number of hydrogen-bond acceptors (Lipinski definition) is 3. The molecule has 5 nitrogen and oxygen atoms in total. The summed E-state index contributed by atoms with van der Waals surface area (Å²) in [5.74, 6) is -0.376. The van der Waals surface area contributed by atoms with Gasteiger partial charge in [-0.3, -0.25) is 4.79 Å². The number of amides is 1. The number of para-hydroxylation sites is 1. The van der Waals surface area contributed by atoms with E-state index in [2.05, 4.69) is 15.7 Å². The van der Waals surface area contributed by atoms with Crippen LogP contribution in [0.25, 0.3) is 0 Å². The summed E-state index contributed by atoms with van der Waals surface area (Å²) in [5.41, 5.74) is 0.532. The lowest BCUT2D eigenvalue weighted by Gasteiger charge is -2.30. The normalized spacial score (nSPS) is 16.0. The smallest absolute Gasteiger partial charge is 0.344 e. The maximum Gasteiger partial charge on any atom is 0.435 e. The molecule has 10 heteroatoms. The van der Waals surface area contributed by atoms with Crippen molar-refractivity contribution in [2.45, 2.75) is 19.1 Å². The van der Waals surface area contributed by atoms with Gasteiger partial charge < -0.3 is 10.6 Å². The highest BCUT2D eigenvalue weighted by atomic mass is 35.5. The van der Waals surface area contributed by atoms with Crippen LogP contribution >= 0.6 is 23.2 Å². The number of halogens is 5. The molecule has 0 spiro atoms. The summed E-state index contributed by atoms with van der Waals surface area (Å²) in [6, 6.07) is 13.3. The highest BCUT2D eigenvalue weighted by Gasteiger charge is 2.39. The van der Waals surface area contributed by atoms with Crippen LogP contribution in [0.4, 0.5) is 24.7 Å². The molecule has 1 aliphatic heterocycles. The van der Waals surface area contributed by atoms with Gasteiger partial charge in [0, 0.05) is 17.5 Å². The monoisotopic (exact) mass is 466 g/mol. The van der Waals surface area contributed by atoms with E-state index in [4.69, 9.17) is 23.2 Å². The first-order valence-corrected chi connectivity index (χ1v) is 9.86. The molecule has 0 saturated carbocycles. The molecule has 0 bridgehead atoms. The van der Waals surface area contributed by atoms with Crippen LogP contribution in [-0.2, 0) is 11.0 Å². The molecule has 0 fully saturated rings. The summed E-state index contributed by atoms with van der Waals surface area (Å²) < 4.78 is 41.1. The third-order valence-corrected chi connectivity index (χ3v) is 5.54. The van der Waals surface area contributed by atoms with Crippen molar-refractivity contribution < 1.29 is 18.0 Å². The summed E-state index contributed by atoms with van der Waals surface area (Å²) in [5, 5.41) is 9.87. The summed E-state index contributed by atoms with van der Waals surface area (Å²) in [6.45, 7) is 1.62. The molecule has 0 saturated heterocycles. The zero-order chi connectivity index (χ0) is 22.3. The molecule has 2 heterocycles. The van der Waals surface area contributed by atoms with Crippen LogP contribution in [0.15, 0.2) is 65.9 Å². The predicted molar refractivity (Wildman–Crippen MR) is 113 cm³/mol. The van der Waals surface area contributed by atoms with E-state index >= 15 is 0 Å². The molecular formula is C21H15Cl2F3N4O. The Labute approximate surface area is 185 Å². The fraction of sp³-hybridized carbons (Fsp3) is 0.143. The molecule has 1 atom stereocenters. The fourth-order valence-corrected chi connectivity index (χ4v) is 3.72. The number of carbonyl (C=O) groups is 1. The first kappa shape index (κ1) is 21.3. The average Bonchev–Trinajstić information content (AvgIpc) is 3.14. The highest BCUT2D eigenvalue weighted by molar-refractivity contribution is 6.42. The van der Waals surface area contributed by atoms with E-state index in [-0.39, 0.29) is 21.4 Å². The topological polar surface area (TPSA) is 59.0 Å². The van der Waals surface area contributed by atoms with Gasteiger partial charge in [-0.25, -0.2) is 4.68 Å². The number of hydrogen-bond donors (Lipinski definition) is 2. The second-order valence-corrected chi connectivity index (χ2v) is 7.73. The first-order valence-electron chi connectivity index (χ1n) is 9.11.